The van der Waals surface area contributed by atoms with Gasteiger partial charge >= 0.3 is 0 Å². The SMILES string of the molecule is Clc1cc(CSc2ccccc2)nc(-c2ccncc2)n1. The molecule has 0 fully saturated rings. The highest BCUT2D eigenvalue weighted by Gasteiger charge is 2.06. The quantitative estimate of drug-likeness (QED) is 0.525. The number of pyridine rings is 1. The van der Waals surface area contributed by atoms with Gasteiger partial charge in [0.15, 0.2) is 5.82 Å². The van der Waals surface area contributed by atoms with E-state index < -0.39 is 0 Å². The van der Waals surface area contributed by atoms with Crippen molar-refractivity contribution in [2.45, 2.75) is 10.6 Å². The van der Waals surface area contributed by atoms with Crippen LogP contribution in [0, 0.1) is 0 Å². The lowest BCUT2D eigenvalue weighted by atomic mass is 10.2. The number of benzene rings is 1. The van der Waals surface area contributed by atoms with Gasteiger partial charge < -0.3 is 0 Å². The number of thioether (sulfide) groups is 1. The van der Waals surface area contributed by atoms with Crippen molar-refractivity contribution in [3.63, 3.8) is 0 Å². The Morgan fingerprint density at radius 2 is 1.71 bits per heavy atom. The van der Waals surface area contributed by atoms with Crippen LogP contribution in [-0.2, 0) is 5.75 Å². The topological polar surface area (TPSA) is 38.7 Å². The minimum atomic E-state index is 0.459. The van der Waals surface area contributed by atoms with Gasteiger partial charge in [-0.1, -0.05) is 29.8 Å². The van der Waals surface area contributed by atoms with Crippen LogP contribution in [0.25, 0.3) is 11.4 Å². The second kappa shape index (κ2) is 6.70. The maximum atomic E-state index is 6.11. The molecular weight excluding hydrogens is 302 g/mol. The van der Waals surface area contributed by atoms with Crippen LogP contribution in [-0.4, -0.2) is 15.0 Å². The first kappa shape index (κ1) is 14.0. The molecule has 3 rings (SSSR count). The summed E-state index contributed by atoms with van der Waals surface area (Å²) in [4.78, 5) is 14.1. The van der Waals surface area contributed by atoms with Gasteiger partial charge in [0.1, 0.15) is 5.15 Å². The molecule has 0 bridgehead atoms. The molecule has 3 aromatic rings. The molecule has 21 heavy (non-hydrogen) atoms. The maximum Gasteiger partial charge on any atom is 0.161 e. The highest BCUT2D eigenvalue weighted by molar-refractivity contribution is 7.98. The van der Waals surface area contributed by atoms with Crippen molar-refractivity contribution >= 4 is 23.4 Å². The standard InChI is InChI=1S/C16H12ClN3S/c17-15-10-13(11-21-14-4-2-1-3-5-14)19-16(20-15)12-6-8-18-9-7-12/h1-10H,11H2. The summed E-state index contributed by atoms with van der Waals surface area (Å²) < 4.78 is 0. The lowest BCUT2D eigenvalue weighted by Crippen LogP contribution is -1.95. The molecule has 2 heterocycles. The summed E-state index contributed by atoms with van der Waals surface area (Å²) >= 11 is 7.83. The third-order valence-electron chi connectivity index (χ3n) is 2.82. The Hall–Kier alpha value is -1.91. The Bertz CT molecular complexity index is 720. The molecule has 2 aromatic heterocycles. The summed E-state index contributed by atoms with van der Waals surface area (Å²) in [5.74, 6) is 1.39. The zero-order valence-electron chi connectivity index (χ0n) is 11.1. The van der Waals surface area contributed by atoms with Crippen LogP contribution in [0.15, 0.2) is 65.8 Å². The molecule has 5 heteroatoms. The molecule has 0 N–H and O–H groups in total. The van der Waals surface area contributed by atoms with Crippen LogP contribution in [0.2, 0.25) is 5.15 Å². The van der Waals surface area contributed by atoms with E-state index >= 15 is 0 Å². The number of halogens is 1. The zero-order chi connectivity index (χ0) is 14.5. The third kappa shape index (κ3) is 3.80. The fourth-order valence-electron chi connectivity index (χ4n) is 1.84. The monoisotopic (exact) mass is 313 g/mol. The summed E-state index contributed by atoms with van der Waals surface area (Å²) in [7, 11) is 0. The van der Waals surface area contributed by atoms with Crippen molar-refractivity contribution in [3.05, 3.63) is 71.8 Å². The minimum Gasteiger partial charge on any atom is -0.265 e. The molecule has 0 saturated heterocycles. The van der Waals surface area contributed by atoms with Crippen molar-refractivity contribution in [1.29, 1.82) is 0 Å². The van der Waals surface area contributed by atoms with E-state index in [-0.39, 0.29) is 0 Å². The third-order valence-corrected chi connectivity index (χ3v) is 4.06. The molecule has 1 aromatic carbocycles. The van der Waals surface area contributed by atoms with E-state index in [0.29, 0.717) is 11.0 Å². The molecule has 0 aliphatic rings. The molecule has 0 saturated carbocycles. The van der Waals surface area contributed by atoms with Gasteiger partial charge in [0.2, 0.25) is 0 Å². The fraction of sp³-hybridized carbons (Fsp3) is 0.0625. The van der Waals surface area contributed by atoms with E-state index in [9.17, 15) is 0 Å². The number of hydrogen-bond acceptors (Lipinski definition) is 4. The lowest BCUT2D eigenvalue weighted by Gasteiger charge is -2.05. The Morgan fingerprint density at radius 3 is 2.48 bits per heavy atom. The predicted octanol–water partition coefficient (Wildman–Crippen LogP) is 4.48. The molecule has 0 aliphatic heterocycles. The van der Waals surface area contributed by atoms with Gasteiger partial charge in [0.05, 0.1) is 5.69 Å². The van der Waals surface area contributed by atoms with Crippen LogP contribution in [0.4, 0.5) is 0 Å². The first-order valence-corrected chi connectivity index (χ1v) is 7.79. The molecule has 0 aliphatic carbocycles. The van der Waals surface area contributed by atoms with Gasteiger partial charge in [-0.25, -0.2) is 9.97 Å². The Labute approximate surface area is 132 Å². The van der Waals surface area contributed by atoms with E-state index in [0.717, 1.165) is 17.0 Å². The smallest absolute Gasteiger partial charge is 0.161 e. The van der Waals surface area contributed by atoms with E-state index in [1.807, 2.05) is 36.4 Å². The van der Waals surface area contributed by atoms with Gasteiger partial charge in [-0.15, -0.1) is 11.8 Å². The highest BCUT2D eigenvalue weighted by Crippen LogP contribution is 2.24. The van der Waals surface area contributed by atoms with Crippen LogP contribution in [0.1, 0.15) is 5.69 Å². The average molecular weight is 314 g/mol. The molecule has 0 unspecified atom stereocenters. The molecule has 0 radical (unpaired) electrons. The number of aromatic nitrogens is 3. The Balaban J connectivity index is 1.82. The van der Waals surface area contributed by atoms with Crippen molar-refractivity contribution in [1.82, 2.24) is 15.0 Å². The summed E-state index contributed by atoms with van der Waals surface area (Å²) in [5, 5.41) is 0.459. The summed E-state index contributed by atoms with van der Waals surface area (Å²) in [6.07, 6.45) is 3.44. The molecular formula is C16H12ClN3S. The minimum absolute atomic E-state index is 0.459. The predicted molar refractivity (Wildman–Crippen MR) is 86.3 cm³/mol. The van der Waals surface area contributed by atoms with Gasteiger partial charge in [0.25, 0.3) is 0 Å². The maximum absolute atomic E-state index is 6.11. The zero-order valence-corrected chi connectivity index (χ0v) is 12.7. The summed E-state index contributed by atoms with van der Waals surface area (Å²) in [6.45, 7) is 0. The van der Waals surface area contributed by atoms with Gasteiger partial charge in [-0.3, -0.25) is 4.98 Å². The van der Waals surface area contributed by atoms with Gasteiger partial charge in [0, 0.05) is 28.6 Å². The van der Waals surface area contributed by atoms with E-state index in [1.165, 1.54) is 4.90 Å². The van der Waals surface area contributed by atoms with Crippen LogP contribution in [0.3, 0.4) is 0 Å². The molecule has 0 atom stereocenters. The van der Waals surface area contributed by atoms with E-state index in [1.54, 1.807) is 24.2 Å². The van der Waals surface area contributed by atoms with Gasteiger partial charge in [-0.2, -0.15) is 0 Å². The molecule has 0 spiro atoms. The largest absolute Gasteiger partial charge is 0.265 e. The van der Waals surface area contributed by atoms with E-state index in [4.69, 9.17) is 11.6 Å². The number of rotatable bonds is 4. The van der Waals surface area contributed by atoms with Gasteiger partial charge in [-0.05, 0) is 30.3 Å². The first-order valence-electron chi connectivity index (χ1n) is 6.43. The van der Waals surface area contributed by atoms with Crippen molar-refractivity contribution < 1.29 is 0 Å². The normalized spacial score (nSPS) is 10.5. The fourth-order valence-corrected chi connectivity index (χ4v) is 2.86. The van der Waals surface area contributed by atoms with Crippen LogP contribution in [0.5, 0.6) is 0 Å². The molecule has 3 nitrogen and oxygen atoms in total. The Kier molecular flexibility index (Phi) is 4.48. The van der Waals surface area contributed by atoms with Crippen LogP contribution >= 0.6 is 23.4 Å². The average Bonchev–Trinajstić information content (AvgIpc) is 2.54. The summed E-state index contributed by atoms with van der Waals surface area (Å²) in [6, 6.07) is 15.8. The van der Waals surface area contributed by atoms with Crippen molar-refractivity contribution in [2.75, 3.05) is 0 Å². The first-order chi connectivity index (χ1) is 10.3. The van der Waals surface area contributed by atoms with Crippen molar-refractivity contribution in [2.24, 2.45) is 0 Å². The number of hydrogen-bond donors (Lipinski definition) is 0. The molecule has 104 valence electrons. The lowest BCUT2D eigenvalue weighted by molar-refractivity contribution is 1.09. The summed E-state index contributed by atoms with van der Waals surface area (Å²) in [5.41, 5.74) is 1.83. The molecule has 0 amide bonds. The Morgan fingerprint density at radius 1 is 0.952 bits per heavy atom. The number of nitrogens with zero attached hydrogens (tertiary/aromatic N) is 3. The van der Waals surface area contributed by atoms with E-state index in [2.05, 4.69) is 27.1 Å². The second-order valence-electron chi connectivity index (χ2n) is 4.34. The highest BCUT2D eigenvalue weighted by atomic mass is 35.5. The second-order valence-corrected chi connectivity index (χ2v) is 5.78. The van der Waals surface area contributed by atoms with Crippen molar-refractivity contribution in [3.8, 4) is 11.4 Å². The van der Waals surface area contributed by atoms with Crippen LogP contribution < -0.4 is 0 Å².